The van der Waals surface area contributed by atoms with Gasteiger partial charge in [0, 0.05) is 9.52 Å². The van der Waals surface area contributed by atoms with Crippen molar-refractivity contribution in [2.24, 2.45) is 5.92 Å². The third-order valence-electron chi connectivity index (χ3n) is 2.66. The van der Waals surface area contributed by atoms with Crippen LogP contribution in [0.4, 0.5) is 0 Å². The molecule has 1 unspecified atom stereocenters. The fraction of sp³-hybridized carbons (Fsp3) is 0.909. The molecule has 0 aliphatic rings. The summed E-state index contributed by atoms with van der Waals surface area (Å²) in [5.41, 5.74) is 0. The lowest BCUT2D eigenvalue weighted by Gasteiger charge is -2.10. The van der Waals surface area contributed by atoms with Crippen molar-refractivity contribution in [3.8, 4) is 0 Å². The molecule has 0 rings (SSSR count). The molecule has 0 heterocycles. The first-order valence-corrected chi connectivity index (χ1v) is 7.95. The highest BCUT2D eigenvalue weighted by Crippen LogP contribution is 2.16. The summed E-state index contributed by atoms with van der Waals surface area (Å²) in [6.07, 6.45) is 5.26. The molecule has 0 aromatic rings. The standard InChI is InChI=1S/C11H24O2Si/c1-3-5-6-7-10(11(12)13)8-9-14-4-2/h10H,3-9,14H2,1-2H3,(H,12,13). The van der Waals surface area contributed by atoms with E-state index in [4.69, 9.17) is 5.11 Å². The minimum atomic E-state index is -0.578. The van der Waals surface area contributed by atoms with Crippen molar-refractivity contribution in [2.75, 3.05) is 0 Å². The number of hydrogen-bond donors (Lipinski definition) is 1. The van der Waals surface area contributed by atoms with Gasteiger partial charge in [-0.05, 0) is 12.8 Å². The lowest BCUT2D eigenvalue weighted by molar-refractivity contribution is -0.142. The summed E-state index contributed by atoms with van der Waals surface area (Å²) in [4.78, 5) is 10.9. The van der Waals surface area contributed by atoms with Crippen LogP contribution in [0.3, 0.4) is 0 Å². The Hall–Kier alpha value is -0.313. The van der Waals surface area contributed by atoms with Crippen LogP contribution in [-0.2, 0) is 4.79 Å². The zero-order valence-corrected chi connectivity index (χ0v) is 11.0. The molecule has 2 nitrogen and oxygen atoms in total. The van der Waals surface area contributed by atoms with E-state index in [0.717, 1.165) is 19.3 Å². The van der Waals surface area contributed by atoms with Gasteiger partial charge < -0.3 is 5.11 Å². The first kappa shape index (κ1) is 13.7. The molecular weight excluding hydrogens is 192 g/mol. The Kier molecular flexibility index (Phi) is 9.04. The van der Waals surface area contributed by atoms with Gasteiger partial charge in [0.1, 0.15) is 0 Å². The number of carboxylic acid groups (broad SMARTS) is 1. The predicted octanol–water partition coefficient (Wildman–Crippen LogP) is 2.68. The van der Waals surface area contributed by atoms with Gasteiger partial charge in [0.15, 0.2) is 0 Å². The Labute approximate surface area is 89.9 Å². The van der Waals surface area contributed by atoms with E-state index in [9.17, 15) is 4.79 Å². The van der Waals surface area contributed by atoms with Crippen molar-refractivity contribution in [1.82, 2.24) is 0 Å². The Morgan fingerprint density at radius 2 is 2.00 bits per heavy atom. The topological polar surface area (TPSA) is 37.3 Å². The summed E-state index contributed by atoms with van der Waals surface area (Å²) >= 11 is 0. The van der Waals surface area contributed by atoms with Gasteiger partial charge in [-0.1, -0.05) is 45.2 Å². The average Bonchev–Trinajstić information content (AvgIpc) is 2.15. The maximum atomic E-state index is 10.9. The van der Waals surface area contributed by atoms with Gasteiger partial charge in [-0.2, -0.15) is 0 Å². The lowest BCUT2D eigenvalue weighted by atomic mass is 9.99. The van der Waals surface area contributed by atoms with E-state index in [0.29, 0.717) is 0 Å². The third-order valence-corrected chi connectivity index (χ3v) is 4.28. The van der Waals surface area contributed by atoms with Gasteiger partial charge in [0.2, 0.25) is 0 Å². The summed E-state index contributed by atoms with van der Waals surface area (Å²) < 4.78 is 0. The number of unbranched alkanes of at least 4 members (excludes halogenated alkanes) is 2. The molecule has 0 bridgehead atoms. The third kappa shape index (κ3) is 7.13. The zero-order chi connectivity index (χ0) is 10.8. The van der Waals surface area contributed by atoms with E-state index in [2.05, 4.69) is 13.8 Å². The molecule has 84 valence electrons. The molecule has 0 fully saturated rings. The molecule has 0 aromatic heterocycles. The summed E-state index contributed by atoms with van der Waals surface area (Å²) in [7, 11) is 0.0551. The normalized spacial score (nSPS) is 13.6. The highest BCUT2D eigenvalue weighted by atomic mass is 28.2. The quantitative estimate of drug-likeness (QED) is 0.475. The summed E-state index contributed by atoms with van der Waals surface area (Å²) in [5.74, 6) is -0.633. The molecule has 14 heavy (non-hydrogen) atoms. The maximum Gasteiger partial charge on any atom is 0.306 e. The molecule has 0 radical (unpaired) electrons. The van der Waals surface area contributed by atoms with Gasteiger partial charge >= 0.3 is 5.97 Å². The largest absolute Gasteiger partial charge is 0.481 e. The minimum absolute atomic E-state index is 0.0550. The smallest absolute Gasteiger partial charge is 0.306 e. The van der Waals surface area contributed by atoms with Crippen molar-refractivity contribution in [2.45, 2.75) is 58.0 Å². The van der Waals surface area contributed by atoms with Crippen LogP contribution >= 0.6 is 0 Å². The van der Waals surface area contributed by atoms with Crippen LogP contribution in [0.25, 0.3) is 0 Å². The lowest BCUT2D eigenvalue weighted by Crippen LogP contribution is -2.14. The highest BCUT2D eigenvalue weighted by molar-refractivity contribution is 6.35. The second-order valence-corrected chi connectivity index (χ2v) is 6.44. The highest BCUT2D eigenvalue weighted by Gasteiger charge is 2.15. The fourth-order valence-electron chi connectivity index (χ4n) is 1.67. The van der Waals surface area contributed by atoms with Gasteiger partial charge in [0.05, 0.1) is 5.92 Å². The molecule has 0 aromatic carbocycles. The Bertz CT molecular complexity index is 138. The van der Waals surface area contributed by atoms with Crippen LogP contribution in [0, 0.1) is 5.92 Å². The van der Waals surface area contributed by atoms with E-state index < -0.39 is 5.97 Å². The predicted molar refractivity (Wildman–Crippen MR) is 63.7 cm³/mol. The van der Waals surface area contributed by atoms with E-state index in [-0.39, 0.29) is 15.4 Å². The first-order valence-electron chi connectivity index (χ1n) is 5.95. The molecule has 0 aliphatic heterocycles. The van der Waals surface area contributed by atoms with Crippen molar-refractivity contribution in [3.05, 3.63) is 0 Å². The molecule has 3 heteroatoms. The number of hydrogen-bond acceptors (Lipinski definition) is 1. The SMILES string of the molecule is CCCCCC(CC[SiH2]CC)C(=O)O. The molecule has 0 saturated carbocycles. The first-order chi connectivity index (χ1) is 6.72. The number of carbonyl (C=O) groups is 1. The Morgan fingerprint density at radius 3 is 2.50 bits per heavy atom. The molecule has 0 amide bonds. The van der Waals surface area contributed by atoms with Crippen molar-refractivity contribution in [3.63, 3.8) is 0 Å². The molecule has 1 atom stereocenters. The zero-order valence-electron chi connectivity index (χ0n) is 9.59. The van der Waals surface area contributed by atoms with Crippen LogP contribution < -0.4 is 0 Å². The fourth-order valence-corrected chi connectivity index (χ4v) is 2.95. The average molecular weight is 216 g/mol. The minimum Gasteiger partial charge on any atom is -0.481 e. The summed E-state index contributed by atoms with van der Waals surface area (Å²) in [6.45, 7) is 4.36. The molecule has 0 saturated heterocycles. The second kappa shape index (κ2) is 9.25. The molecular formula is C11H24O2Si. The van der Waals surface area contributed by atoms with Crippen molar-refractivity contribution in [1.29, 1.82) is 0 Å². The number of rotatable bonds is 9. The summed E-state index contributed by atoms with van der Waals surface area (Å²) in [6, 6.07) is 2.51. The van der Waals surface area contributed by atoms with Crippen LogP contribution in [0.2, 0.25) is 12.1 Å². The van der Waals surface area contributed by atoms with Crippen LogP contribution in [0.15, 0.2) is 0 Å². The van der Waals surface area contributed by atoms with E-state index >= 15 is 0 Å². The van der Waals surface area contributed by atoms with E-state index in [1.54, 1.807) is 0 Å². The molecule has 1 N–H and O–H groups in total. The maximum absolute atomic E-state index is 10.9. The van der Waals surface area contributed by atoms with Crippen LogP contribution in [0.5, 0.6) is 0 Å². The van der Waals surface area contributed by atoms with Gasteiger partial charge in [-0.25, -0.2) is 0 Å². The van der Waals surface area contributed by atoms with Gasteiger partial charge in [-0.15, -0.1) is 0 Å². The van der Waals surface area contributed by atoms with Gasteiger partial charge in [0.25, 0.3) is 0 Å². The second-order valence-electron chi connectivity index (χ2n) is 4.03. The molecule has 0 spiro atoms. The van der Waals surface area contributed by atoms with Crippen LogP contribution in [-0.4, -0.2) is 20.6 Å². The summed E-state index contributed by atoms with van der Waals surface area (Å²) in [5, 5.41) is 8.99. The number of aliphatic carboxylic acids is 1. The van der Waals surface area contributed by atoms with Crippen molar-refractivity contribution < 1.29 is 9.90 Å². The number of carboxylic acids is 1. The van der Waals surface area contributed by atoms with Gasteiger partial charge in [-0.3, -0.25) is 4.79 Å². The Morgan fingerprint density at radius 1 is 1.29 bits per heavy atom. The Balaban J connectivity index is 3.61. The van der Waals surface area contributed by atoms with E-state index in [1.807, 2.05) is 0 Å². The monoisotopic (exact) mass is 216 g/mol. The van der Waals surface area contributed by atoms with E-state index in [1.165, 1.54) is 24.9 Å². The van der Waals surface area contributed by atoms with Crippen molar-refractivity contribution >= 4 is 15.5 Å². The molecule has 0 aliphatic carbocycles. The van der Waals surface area contributed by atoms with Crippen LogP contribution in [0.1, 0.15) is 46.0 Å².